The molecular formula is C19H37NO4S. The van der Waals surface area contributed by atoms with Crippen molar-refractivity contribution in [3.05, 3.63) is 0 Å². The number of ether oxygens (including phenoxy) is 2. The highest BCUT2D eigenvalue weighted by Crippen LogP contribution is 2.08. The summed E-state index contributed by atoms with van der Waals surface area (Å²) in [5.74, 6) is 0.430. The van der Waals surface area contributed by atoms with Gasteiger partial charge in [0.15, 0.2) is 0 Å². The van der Waals surface area contributed by atoms with E-state index < -0.39 is 12.1 Å². The summed E-state index contributed by atoms with van der Waals surface area (Å²) >= 11 is 1.64. The zero-order valence-corrected chi connectivity index (χ0v) is 17.1. The molecule has 0 radical (unpaired) electrons. The van der Waals surface area contributed by atoms with Crippen LogP contribution in [-0.4, -0.2) is 43.3 Å². The van der Waals surface area contributed by atoms with Gasteiger partial charge in [-0.15, -0.1) is 0 Å². The molecule has 0 saturated carbocycles. The first kappa shape index (κ1) is 24.1. The first-order chi connectivity index (χ1) is 12.2. The molecule has 0 aromatic carbocycles. The van der Waals surface area contributed by atoms with Gasteiger partial charge in [0.05, 0.1) is 13.2 Å². The van der Waals surface area contributed by atoms with Crippen molar-refractivity contribution >= 4 is 23.8 Å². The Morgan fingerprint density at radius 3 is 2.12 bits per heavy atom. The molecule has 0 aromatic heterocycles. The number of carbonyl (C=O) groups excluding carboxylic acids is 2. The maximum atomic E-state index is 12.2. The number of esters is 1. The molecule has 0 unspecified atom stereocenters. The Balaban J connectivity index is 3.99. The second kappa shape index (κ2) is 17.9. The predicted molar refractivity (Wildman–Crippen MR) is 105 cm³/mol. The molecule has 0 saturated heterocycles. The van der Waals surface area contributed by atoms with Gasteiger partial charge in [0, 0.05) is 0 Å². The third-order valence-electron chi connectivity index (χ3n) is 3.91. The average Bonchev–Trinajstić information content (AvgIpc) is 2.60. The van der Waals surface area contributed by atoms with Crippen LogP contribution < -0.4 is 5.32 Å². The fraction of sp³-hybridized carbons (Fsp3) is 0.895. The first-order valence-electron chi connectivity index (χ1n) is 9.74. The van der Waals surface area contributed by atoms with Crippen LogP contribution in [0.15, 0.2) is 0 Å². The highest BCUT2D eigenvalue weighted by Gasteiger charge is 2.22. The van der Waals surface area contributed by atoms with Crippen molar-refractivity contribution in [2.75, 3.05) is 25.2 Å². The molecule has 1 N–H and O–H groups in total. The molecule has 5 nitrogen and oxygen atoms in total. The monoisotopic (exact) mass is 375 g/mol. The number of nitrogens with one attached hydrogen (secondary N) is 1. The highest BCUT2D eigenvalue weighted by atomic mass is 32.2. The molecule has 1 atom stereocenters. The third-order valence-corrected chi connectivity index (χ3v) is 4.55. The molecule has 0 aliphatic carbocycles. The fourth-order valence-electron chi connectivity index (χ4n) is 2.31. The summed E-state index contributed by atoms with van der Waals surface area (Å²) in [5, 5.41) is 2.64. The van der Waals surface area contributed by atoms with Gasteiger partial charge in [-0.2, -0.15) is 11.8 Å². The fourth-order valence-corrected chi connectivity index (χ4v) is 2.78. The van der Waals surface area contributed by atoms with E-state index in [0.717, 1.165) is 31.4 Å². The second-order valence-corrected chi connectivity index (χ2v) is 7.24. The van der Waals surface area contributed by atoms with Gasteiger partial charge in [-0.05, 0) is 31.3 Å². The van der Waals surface area contributed by atoms with Crippen molar-refractivity contribution in [1.82, 2.24) is 5.32 Å². The van der Waals surface area contributed by atoms with Gasteiger partial charge < -0.3 is 14.8 Å². The van der Waals surface area contributed by atoms with E-state index in [9.17, 15) is 9.59 Å². The Kier molecular flexibility index (Phi) is 17.2. The summed E-state index contributed by atoms with van der Waals surface area (Å²) < 4.78 is 10.4. The van der Waals surface area contributed by atoms with E-state index in [1.165, 1.54) is 32.1 Å². The van der Waals surface area contributed by atoms with E-state index in [0.29, 0.717) is 19.6 Å². The van der Waals surface area contributed by atoms with Gasteiger partial charge in [0.1, 0.15) is 6.04 Å². The van der Waals surface area contributed by atoms with Crippen LogP contribution in [0.3, 0.4) is 0 Å². The SMILES string of the molecule is CCCCCCCCCOC(=O)[C@H](CCSC)NC(=O)OCCCC. The maximum Gasteiger partial charge on any atom is 0.407 e. The standard InChI is InChI=1S/C19H37NO4S/c1-4-6-8-9-10-11-12-15-23-18(21)17(13-16-25-3)20-19(22)24-14-7-5-2/h17H,4-16H2,1-3H3,(H,20,22)/t17-/m0/s1. The molecule has 25 heavy (non-hydrogen) atoms. The lowest BCUT2D eigenvalue weighted by Crippen LogP contribution is -2.42. The van der Waals surface area contributed by atoms with Crippen LogP contribution in [0.2, 0.25) is 0 Å². The smallest absolute Gasteiger partial charge is 0.407 e. The van der Waals surface area contributed by atoms with Crippen LogP contribution in [-0.2, 0) is 14.3 Å². The van der Waals surface area contributed by atoms with Crippen LogP contribution in [0.4, 0.5) is 4.79 Å². The summed E-state index contributed by atoms with van der Waals surface area (Å²) in [7, 11) is 0. The Bertz CT molecular complexity index is 339. The van der Waals surface area contributed by atoms with Crippen LogP contribution in [0, 0.1) is 0 Å². The number of rotatable bonds is 16. The minimum absolute atomic E-state index is 0.354. The van der Waals surface area contributed by atoms with Crippen molar-refractivity contribution in [3.63, 3.8) is 0 Å². The second-order valence-electron chi connectivity index (χ2n) is 6.26. The van der Waals surface area contributed by atoms with Crippen LogP contribution in [0.25, 0.3) is 0 Å². The number of hydrogen-bond acceptors (Lipinski definition) is 5. The zero-order chi connectivity index (χ0) is 18.8. The number of amides is 1. The van der Waals surface area contributed by atoms with Crippen molar-refractivity contribution in [2.24, 2.45) is 0 Å². The zero-order valence-electron chi connectivity index (χ0n) is 16.3. The van der Waals surface area contributed by atoms with Crippen LogP contribution >= 0.6 is 11.8 Å². The largest absolute Gasteiger partial charge is 0.464 e. The Labute approximate surface area is 158 Å². The maximum absolute atomic E-state index is 12.2. The number of alkyl carbamates (subject to hydrolysis) is 1. The lowest BCUT2D eigenvalue weighted by atomic mass is 10.1. The van der Waals surface area contributed by atoms with Crippen molar-refractivity contribution < 1.29 is 19.1 Å². The molecule has 0 spiro atoms. The molecule has 6 heteroatoms. The Morgan fingerprint density at radius 2 is 1.48 bits per heavy atom. The lowest BCUT2D eigenvalue weighted by molar-refractivity contribution is -0.146. The predicted octanol–water partition coefficient (Wildman–Crippen LogP) is 4.93. The molecule has 0 bridgehead atoms. The van der Waals surface area contributed by atoms with E-state index in [-0.39, 0.29) is 5.97 Å². The van der Waals surface area contributed by atoms with Gasteiger partial charge in [-0.25, -0.2) is 9.59 Å². The number of carbonyl (C=O) groups is 2. The molecule has 0 rings (SSSR count). The van der Waals surface area contributed by atoms with Crippen LogP contribution in [0.5, 0.6) is 0 Å². The number of unbranched alkanes of at least 4 members (excludes halogenated alkanes) is 7. The summed E-state index contributed by atoms with van der Waals surface area (Å²) in [6, 6.07) is -0.619. The van der Waals surface area contributed by atoms with E-state index in [4.69, 9.17) is 9.47 Å². The Hall–Kier alpha value is -0.910. The van der Waals surface area contributed by atoms with Gasteiger partial charge >= 0.3 is 12.1 Å². The number of hydrogen-bond donors (Lipinski definition) is 1. The van der Waals surface area contributed by atoms with Gasteiger partial charge in [0.2, 0.25) is 0 Å². The summed E-state index contributed by atoms with van der Waals surface area (Å²) in [6.07, 6.45) is 12.0. The van der Waals surface area contributed by atoms with Gasteiger partial charge in [-0.3, -0.25) is 0 Å². The summed E-state index contributed by atoms with van der Waals surface area (Å²) in [5.41, 5.74) is 0. The topological polar surface area (TPSA) is 64.6 Å². The van der Waals surface area contributed by atoms with E-state index >= 15 is 0 Å². The van der Waals surface area contributed by atoms with Crippen LogP contribution in [0.1, 0.15) is 78.1 Å². The average molecular weight is 376 g/mol. The molecule has 1 amide bonds. The van der Waals surface area contributed by atoms with E-state index in [2.05, 4.69) is 12.2 Å². The van der Waals surface area contributed by atoms with Crippen molar-refractivity contribution in [1.29, 1.82) is 0 Å². The summed E-state index contributed by atoms with van der Waals surface area (Å²) in [4.78, 5) is 23.9. The quantitative estimate of drug-likeness (QED) is 0.306. The Morgan fingerprint density at radius 1 is 0.880 bits per heavy atom. The van der Waals surface area contributed by atoms with Gasteiger partial charge in [-0.1, -0.05) is 58.8 Å². The molecule has 0 aliphatic rings. The highest BCUT2D eigenvalue weighted by molar-refractivity contribution is 7.98. The molecule has 0 fully saturated rings. The van der Waals surface area contributed by atoms with Crippen molar-refractivity contribution in [2.45, 2.75) is 84.1 Å². The lowest BCUT2D eigenvalue weighted by Gasteiger charge is -2.17. The van der Waals surface area contributed by atoms with E-state index in [1.54, 1.807) is 11.8 Å². The molecule has 0 aromatic rings. The third kappa shape index (κ3) is 15.1. The minimum atomic E-state index is -0.619. The van der Waals surface area contributed by atoms with E-state index in [1.807, 2.05) is 13.2 Å². The minimum Gasteiger partial charge on any atom is -0.464 e. The van der Waals surface area contributed by atoms with Crippen molar-refractivity contribution in [3.8, 4) is 0 Å². The molecule has 148 valence electrons. The van der Waals surface area contributed by atoms with Gasteiger partial charge in [0.25, 0.3) is 0 Å². The molecular weight excluding hydrogens is 338 g/mol. The molecule has 0 heterocycles. The first-order valence-corrected chi connectivity index (χ1v) is 11.1. The summed E-state index contributed by atoms with van der Waals surface area (Å²) in [6.45, 7) is 5.05. The normalized spacial score (nSPS) is 11.8. The number of thioether (sulfide) groups is 1. The molecule has 0 aliphatic heterocycles.